The summed E-state index contributed by atoms with van der Waals surface area (Å²) in [6, 6.07) is 8.76. The first-order valence-corrected chi connectivity index (χ1v) is 9.08. The molecule has 2 aliphatic rings. The predicted octanol–water partition coefficient (Wildman–Crippen LogP) is 3.10. The van der Waals surface area contributed by atoms with Gasteiger partial charge in [0.15, 0.2) is 0 Å². The van der Waals surface area contributed by atoms with Crippen LogP contribution in [0.5, 0.6) is 0 Å². The van der Waals surface area contributed by atoms with E-state index in [1.54, 1.807) is 0 Å². The Morgan fingerprint density at radius 1 is 1.13 bits per heavy atom. The number of hydrogen-bond acceptors (Lipinski definition) is 2. The number of urea groups is 1. The fourth-order valence-electron chi connectivity index (χ4n) is 3.67. The highest BCUT2D eigenvalue weighted by atomic mass is 35.5. The summed E-state index contributed by atoms with van der Waals surface area (Å²) in [6.45, 7) is 7.87. The number of carbonyl (C=O) groups excluding carboxylic acids is 1. The van der Waals surface area contributed by atoms with Gasteiger partial charge in [-0.1, -0.05) is 29.8 Å². The van der Waals surface area contributed by atoms with E-state index in [2.05, 4.69) is 22.8 Å². The third-order valence-corrected chi connectivity index (χ3v) is 5.53. The zero-order valence-electron chi connectivity index (χ0n) is 13.9. The Hall–Kier alpha value is -1.26. The molecule has 2 amide bonds. The minimum atomic E-state index is 0.238. The van der Waals surface area contributed by atoms with Crippen LogP contribution in [0.15, 0.2) is 24.3 Å². The second-order valence-corrected chi connectivity index (χ2v) is 6.88. The maximum absolute atomic E-state index is 12.3. The highest BCUT2D eigenvalue weighted by molar-refractivity contribution is 6.31. The van der Waals surface area contributed by atoms with Gasteiger partial charge in [-0.25, -0.2) is 4.79 Å². The third kappa shape index (κ3) is 3.81. The first-order chi connectivity index (χ1) is 11.2. The van der Waals surface area contributed by atoms with Gasteiger partial charge in [0.25, 0.3) is 0 Å². The summed E-state index contributed by atoms with van der Waals surface area (Å²) in [5.74, 6) is 0. The van der Waals surface area contributed by atoms with Crippen LogP contribution in [0.25, 0.3) is 0 Å². The number of rotatable bonds is 5. The minimum Gasteiger partial charge on any atom is -0.323 e. The van der Waals surface area contributed by atoms with E-state index in [-0.39, 0.29) is 6.03 Å². The molecule has 126 valence electrons. The standard InChI is InChI=1S/C18H26ClN3O/c1-2-21-13-14-22(18(21)23)16-8-11-20(12-9-16)10-7-15-5-3-4-6-17(15)19/h3-6,16H,2,7-14H2,1H3. The van der Waals surface area contributed by atoms with Crippen LogP contribution in [0, 0.1) is 0 Å². The van der Waals surface area contributed by atoms with E-state index in [4.69, 9.17) is 11.6 Å². The van der Waals surface area contributed by atoms with Crippen LogP contribution in [0.3, 0.4) is 0 Å². The molecule has 23 heavy (non-hydrogen) atoms. The first kappa shape index (κ1) is 16.6. The second kappa shape index (κ2) is 7.54. The number of likely N-dealkylation sites (N-methyl/N-ethyl adjacent to an activating group) is 1. The molecule has 0 aromatic heterocycles. The van der Waals surface area contributed by atoms with Gasteiger partial charge in [0.2, 0.25) is 0 Å². The molecule has 0 bridgehead atoms. The van der Waals surface area contributed by atoms with Crippen molar-refractivity contribution in [2.24, 2.45) is 0 Å². The first-order valence-electron chi connectivity index (χ1n) is 8.70. The maximum Gasteiger partial charge on any atom is 0.320 e. The van der Waals surface area contributed by atoms with E-state index in [1.165, 1.54) is 5.56 Å². The van der Waals surface area contributed by atoms with Crippen molar-refractivity contribution in [2.45, 2.75) is 32.2 Å². The molecule has 2 heterocycles. The Morgan fingerprint density at radius 2 is 1.87 bits per heavy atom. The van der Waals surface area contributed by atoms with Crippen LogP contribution < -0.4 is 0 Å². The van der Waals surface area contributed by atoms with Crippen LogP contribution in [0.4, 0.5) is 4.79 Å². The van der Waals surface area contributed by atoms with Gasteiger partial charge in [-0.3, -0.25) is 0 Å². The van der Waals surface area contributed by atoms with Crippen LogP contribution in [0.2, 0.25) is 5.02 Å². The van der Waals surface area contributed by atoms with E-state index in [0.717, 1.165) is 63.6 Å². The van der Waals surface area contributed by atoms with E-state index in [0.29, 0.717) is 6.04 Å². The lowest BCUT2D eigenvalue weighted by atomic mass is 10.0. The number of likely N-dealkylation sites (tertiary alicyclic amines) is 1. The van der Waals surface area contributed by atoms with E-state index in [1.807, 2.05) is 23.1 Å². The van der Waals surface area contributed by atoms with Gasteiger partial charge in [-0.15, -0.1) is 0 Å². The van der Waals surface area contributed by atoms with E-state index < -0.39 is 0 Å². The van der Waals surface area contributed by atoms with Gasteiger partial charge in [-0.05, 0) is 37.8 Å². The van der Waals surface area contributed by atoms with Crippen molar-refractivity contribution in [3.05, 3.63) is 34.9 Å². The zero-order valence-corrected chi connectivity index (χ0v) is 14.6. The average Bonchev–Trinajstić information content (AvgIpc) is 2.95. The third-order valence-electron chi connectivity index (χ3n) is 5.16. The van der Waals surface area contributed by atoms with Crippen molar-refractivity contribution in [3.63, 3.8) is 0 Å². The molecule has 0 spiro atoms. The van der Waals surface area contributed by atoms with E-state index >= 15 is 0 Å². The SMILES string of the molecule is CCN1CCN(C2CCN(CCc3ccccc3Cl)CC2)C1=O. The molecule has 0 saturated carbocycles. The molecule has 3 rings (SSSR count). The Kier molecular flexibility index (Phi) is 5.44. The number of carbonyl (C=O) groups is 1. The van der Waals surface area contributed by atoms with Gasteiger partial charge in [0.05, 0.1) is 0 Å². The summed E-state index contributed by atoms with van der Waals surface area (Å²) >= 11 is 6.23. The van der Waals surface area contributed by atoms with Gasteiger partial charge in [0, 0.05) is 50.3 Å². The summed E-state index contributed by atoms with van der Waals surface area (Å²) in [5.41, 5.74) is 1.23. The molecular formula is C18H26ClN3O. The molecule has 2 fully saturated rings. The summed E-state index contributed by atoms with van der Waals surface area (Å²) in [5, 5.41) is 0.865. The second-order valence-electron chi connectivity index (χ2n) is 6.47. The van der Waals surface area contributed by atoms with Gasteiger partial charge < -0.3 is 14.7 Å². The van der Waals surface area contributed by atoms with Gasteiger partial charge in [0.1, 0.15) is 0 Å². The fourth-order valence-corrected chi connectivity index (χ4v) is 3.90. The Morgan fingerprint density at radius 3 is 2.52 bits per heavy atom. The maximum atomic E-state index is 12.3. The smallest absolute Gasteiger partial charge is 0.320 e. The topological polar surface area (TPSA) is 26.8 Å². The number of benzene rings is 1. The zero-order chi connectivity index (χ0) is 16.2. The highest BCUT2D eigenvalue weighted by Gasteiger charge is 2.34. The Labute approximate surface area is 144 Å². The van der Waals surface area contributed by atoms with E-state index in [9.17, 15) is 4.79 Å². The van der Waals surface area contributed by atoms with Crippen LogP contribution in [0.1, 0.15) is 25.3 Å². The lowest BCUT2D eigenvalue weighted by Gasteiger charge is -2.36. The van der Waals surface area contributed by atoms with Gasteiger partial charge in [-0.2, -0.15) is 0 Å². The number of piperidine rings is 1. The molecule has 0 unspecified atom stereocenters. The molecule has 4 nitrogen and oxygen atoms in total. The monoisotopic (exact) mass is 335 g/mol. The lowest BCUT2D eigenvalue weighted by molar-refractivity contribution is 0.131. The Balaban J connectivity index is 1.46. The predicted molar refractivity (Wildman–Crippen MR) is 94.0 cm³/mol. The molecule has 2 saturated heterocycles. The number of hydrogen-bond donors (Lipinski definition) is 0. The van der Waals surface area contributed by atoms with Crippen LogP contribution in [-0.2, 0) is 6.42 Å². The Bertz CT molecular complexity index is 543. The number of nitrogens with zero attached hydrogens (tertiary/aromatic N) is 3. The quantitative estimate of drug-likeness (QED) is 0.826. The summed E-state index contributed by atoms with van der Waals surface area (Å²) in [7, 11) is 0. The molecule has 0 N–H and O–H groups in total. The van der Waals surface area contributed by atoms with Crippen molar-refractivity contribution < 1.29 is 4.79 Å². The minimum absolute atomic E-state index is 0.238. The van der Waals surface area contributed by atoms with Crippen LogP contribution in [-0.4, -0.2) is 66.0 Å². The van der Waals surface area contributed by atoms with Crippen molar-refractivity contribution in [1.29, 1.82) is 0 Å². The lowest BCUT2D eigenvalue weighted by Crippen LogP contribution is -2.46. The van der Waals surface area contributed by atoms with Crippen molar-refractivity contribution in [2.75, 3.05) is 39.3 Å². The molecule has 0 atom stereocenters. The molecule has 1 aromatic rings. The van der Waals surface area contributed by atoms with Gasteiger partial charge >= 0.3 is 6.03 Å². The van der Waals surface area contributed by atoms with Crippen molar-refractivity contribution >= 4 is 17.6 Å². The molecule has 5 heteroatoms. The van der Waals surface area contributed by atoms with Crippen molar-refractivity contribution in [3.8, 4) is 0 Å². The summed E-state index contributed by atoms with van der Waals surface area (Å²) < 4.78 is 0. The highest BCUT2D eigenvalue weighted by Crippen LogP contribution is 2.22. The molecule has 0 aliphatic carbocycles. The van der Waals surface area contributed by atoms with Crippen molar-refractivity contribution in [1.82, 2.24) is 14.7 Å². The number of amides is 2. The fraction of sp³-hybridized carbons (Fsp3) is 0.611. The summed E-state index contributed by atoms with van der Waals surface area (Å²) in [6.07, 6.45) is 3.17. The van der Waals surface area contributed by atoms with Crippen LogP contribution >= 0.6 is 11.6 Å². The molecule has 2 aliphatic heterocycles. The summed E-state index contributed by atoms with van der Waals surface area (Å²) in [4.78, 5) is 18.8. The normalized spacial score (nSPS) is 20.5. The number of halogens is 1. The molecular weight excluding hydrogens is 310 g/mol. The average molecular weight is 336 g/mol. The molecule has 1 aromatic carbocycles. The molecule has 0 radical (unpaired) electrons. The largest absolute Gasteiger partial charge is 0.323 e.